The van der Waals surface area contributed by atoms with E-state index in [1.165, 1.54) is 0 Å². The normalized spacial score (nSPS) is 13.7. The maximum atomic E-state index is 9.63. The molecule has 0 spiro atoms. The van der Waals surface area contributed by atoms with Crippen molar-refractivity contribution in [2.24, 2.45) is 0 Å². The molecule has 0 unspecified atom stereocenters. The summed E-state index contributed by atoms with van der Waals surface area (Å²) in [7, 11) is -1.84. The van der Waals surface area contributed by atoms with Gasteiger partial charge in [-0.3, -0.25) is 4.68 Å². The van der Waals surface area contributed by atoms with Crippen molar-refractivity contribution < 1.29 is 14.3 Å². The zero-order valence-electron chi connectivity index (χ0n) is 14.7. The molecule has 1 aromatic heterocycles. The Kier molecular flexibility index (Phi) is 7.06. The smallest absolute Gasteiger partial charge is 0.247 e. The number of aliphatic hydroxyl groups is 1. The average Bonchev–Trinajstić information content (AvgIpc) is 2.77. The van der Waals surface area contributed by atoms with Crippen LogP contribution in [-0.2, 0) is 11.0 Å². The molecule has 0 aliphatic rings. The van der Waals surface area contributed by atoms with Crippen molar-refractivity contribution in [1.82, 2.24) is 9.78 Å². The summed E-state index contributed by atoms with van der Waals surface area (Å²) in [6.07, 6.45) is 0. The summed E-state index contributed by atoms with van der Waals surface area (Å²) < 4.78 is 14.0. The predicted molar refractivity (Wildman–Crippen MR) is 99.8 cm³/mol. The lowest BCUT2D eigenvalue weighted by Crippen LogP contribution is -2.42. The van der Waals surface area contributed by atoms with Crippen molar-refractivity contribution in [2.75, 3.05) is 13.2 Å². The van der Waals surface area contributed by atoms with Crippen molar-refractivity contribution in [3.8, 4) is 11.9 Å². The Morgan fingerprint density at radius 1 is 1.43 bits per heavy atom. The topological polar surface area (TPSA) is 80.3 Å². The Balaban J connectivity index is 2.92. The van der Waals surface area contributed by atoms with E-state index in [1.807, 2.05) is 13.0 Å². The molecule has 130 valence electrons. The molecule has 0 radical (unpaired) electrons. The van der Waals surface area contributed by atoms with Gasteiger partial charge in [-0.2, -0.15) is 5.26 Å². The van der Waals surface area contributed by atoms with E-state index in [9.17, 15) is 5.11 Å². The van der Waals surface area contributed by atoms with Gasteiger partial charge in [0.2, 0.25) is 5.88 Å². The molecule has 0 aromatic carbocycles. The predicted octanol–water partition coefficient (Wildman–Crippen LogP) is 3.47. The van der Waals surface area contributed by atoms with E-state index in [-0.39, 0.29) is 24.3 Å². The number of nitriles is 1. The van der Waals surface area contributed by atoms with Gasteiger partial charge in [0.05, 0.1) is 24.9 Å². The van der Waals surface area contributed by atoms with E-state index in [1.54, 1.807) is 4.68 Å². The second kappa shape index (κ2) is 7.96. The third kappa shape index (κ3) is 4.92. The third-order valence-corrected chi connectivity index (χ3v) is 9.83. The minimum Gasteiger partial charge on any atom is -0.460 e. The molecule has 0 aliphatic carbocycles. The van der Waals surface area contributed by atoms with E-state index in [4.69, 9.17) is 14.4 Å². The van der Waals surface area contributed by atoms with Gasteiger partial charge in [-0.05, 0) is 47.6 Å². The summed E-state index contributed by atoms with van der Waals surface area (Å²) in [6.45, 7) is 13.4. The van der Waals surface area contributed by atoms with E-state index >= 15 is 0 Å². The highest BCUT2D eigenvalue weighted by molar-refractivity contribution is 14.1. The van der Waals surface area contributed by atoms with E-state index < -0.39 is 8.32 Å². The lowest BCUT2D eigenvalue weighted by Gasteiger charge is -2.37. The molecule has 0 amide bonds. The number of aliphatic hydroxyl groups excluding tert-OH is 1. The maximum Gasteiger partial charge on any atom is 0.247 e. The van der Waals surface area contributed by atoms with Gasteiger partial charge in [-0.1, -0.05) is 20.8 Å². The SMILES string of the molecule is C[C@@H](CO[Si](C)(C)C(C)(C)C)n1nc(OCC#N)c(I)c1CO. The number of halogens is 1. The summed E-state index contributed by atoms with van der Waals surface area (Å²) in [5.74, 6) is 0.385. The maximum absolute atomic E-state index is 9.63. The van der Waals surface area contributed by atoms with Crippen molar-refractivity contribution in [3.05, 3.63) is 9.26 Å². The van der Waals surface area contributed by atoms with Gasteiger partial charge < -0.3 is 14.3 Å². The summed E-state index contributed by atoms with van der Waals surface area (Å²) in [5, 5.41) is 22.8. The molecule has 23 heavy (non-hydrogen) atoms. The fourth-order valence-electron chi connectivity index (χ4n) is 1.74. The molecule has 1 heterocycles. The highest BCUT2D eigenvalue weighted by Gasteiger charge is 2.37. The minimum absolute atomic E-state index is 0.0285. The third-order valence-electron chi connectivity index (χ3n) is 4.25. The van der Waals surface area contributed by atoms with Crippen molar-refractivity contribution >= 4 is 30.9 Å². The van der Waals surface area contributed by atoms with Gasteiger partial charge in [-0.25, -0.2) is 0 Å². The van der Waals surface area contributed by atoms with Crippen LogP contribution in [0.2, 0.25) is 18.1 Å². The van der Waals surface area contributed by atoms with Crippen LogP contribution in [0.15, 0.2) is 0 Å². The van der Waals surface area contributed by atoms with Crippen LogP contribution in [0.4, 0.5) is 0 Å². The van der Waals surface area contributed by atoms with Gasteiger partial charge in [0.1, 0.15) is 9.64 Å². The van der Waals surface area contributed by atoms with Crippen LogP contribution in [0, 0.1) is 14.9 Å². The van der Waals surface area contributed by atoms with Crippen LogP contribution < -0.4 is 4.74 Å². The standard InChI is InChI=1S/C15H26IN3O3Si/c1-11(10-22-23(5,6)15(2,3)4)19-12(9-20)13(16)14(18-19)21-8-7-17/h11,20H,8-10H2,1-6H3/t11-/m0/s1. The molecular weight excluding hydrogens is 425 g/mol. The average molecular weight is 451 g/mol. The Morgan fingerprint density at radius 2 is 2.04 bits per heavy atom. The van der Waals surface area contributed by atoms with Crippen LogP contribution in [0.5, 0.6) is 5.88 Å². The Bertz CT molecular complexity index is 576. The lowest BCUT2D eigenvalue weighted by molar-refractivity contribution is 0.212. The number of nitrogens with zero attached hydrogens (tertiary/aromatic N) is 3. The minimum atomic E-state index is -1.84. The van der Waals surface area contributed by atoms with Crippen molar-refractivity contribution in [1.29, 1.82) is 5.26 Å². The molecule has 0 fully saturated rings. The van der Waals surface area contributed by atoms with Crippen LogP contribution in [0.3, 0.4) is 0 Å². The van der Waals surface area contributed by atoms with Gasteiger partial charge >= 0.3 is 0 Å². The first kappa shape index (κ1) is 20.4. The molecule has 0 bridgehead atoms. The van der Waals surface area contributed by atoms with Crippen molar-refractivity contribution in [3.63, 3.8) is 0 Å². The zero-order chi connectivity index (χ0) is 17.8. The Morgan fingerprint density at radius 3 is 2.52 bits per heavy atom. The highest BCUT2D eigenvalue weighted by Crippen LogP contribution is 2.37. The molecule has 1 rings (SSSR count). The summed E-state index contributed by atoms with van der Waals surface area (Å²) >= 11 is 2.08. The molecule has 1 atom stereocenters. The van der Waals surface area contributed by atoms with Gasteiger partial charge in [0.25, 0.3) is 0 Å². The number of aromatic nitrogens is 2. The van der Waals surface area contributed by atoms with Crippen LogP contribution in [0.25, 0.3) is 0 Å². The molecule has 1 aromatic rings. The molecule has 0 saturated carbocycles. The first-order chi connectivity index (χ1) is 10.5. The van der Waals surface area contributed by atoms with Gasteiger partial charge in [-0.15, -0.1) is 5.10 Å². The van der Waals surface area contributed by atoms with E-state index in [0.29, 0.717) is 18.2 Å². The number of ether oxygens (including phenoxy) is 1. The number of hydrogen-bond acceptors (Lipinski definition) is 5. The second-order valence-corrected chi connectivity index (χ2v) is 12.9. The highest BCUT2D eigenvalue weighted by atomic mass is 127. The van der Waals surface area contributed by atoms with Crippen LogP contribution >= 0.6 is 22.6 Å². The Hall–Kier alpha value is -0.633. The van der Waals surface area contributed by atoms with Gasteiger partial charge in [0, 0.05) is 0 Å². The molecule has 8 heteroatoms. The zero-order valence-corrected chi connectivity index (χ0v) is 17.8. The molecular formula is C15H26IN3O3Si. The summed E-state index contributed by atoms with van der Waals surface area (Å²) in [5.41, 5.74) is 0.685. The summed E-state index contributed by atoms with van der Waals surface area (Å²) in [6, 6.07) is 1.90. The number of hydrogen-bond donors (Lipinski definition) is 1. The molecule has 6 nitrogen and oxygen atoms in total. The fourth-order valence-corrected chi connectivity index (χ4v) is 3.51. The van der Waals surface area contributed by atoms with Crippen LogP contribution in [-0.4, -0.2) is 36.4 Å². The quantitative estimate of drug-likeness (QED) is 0.507. The Labute approximate surface area is 153 Å². The summed E-state index contributed by atoms with van der Waals surface area (Å²) in [4.78, 5) is 0. The number of rotatable bonds is 7. The molecule has 0 saturated heterocycles. The largest absolute Gasteiger partial charge is 0.460 e. The van der Waals surface area contributed by atoms with Crippen molar-refractivity contribution in [2.45, 2.75) is 58.5 Å². The lowest BCUT2D eigenvalue weighted by atomic mass is 10.2. The van der Waals surface area contributed by atoms with Crippen LogP contribution in [0.1, 0.15) is 39.4 Å². The first-order valence-corrected chi connectivity index (χ1v) is 11.5. The van der Waals surface area contributed by atoms with E-state index in [2.05, 4.69) is 61.6 Å². The van der Waals surface area contributed by atoms with E-state index in [0.717, 1.165) is 3.57 Å². The molecule has 1 N–H and O–H groups in total. The van der Waals surface area contributed by atoms with Gasteiger partial charge in [0.15, 0.2) is 14.9 Å². The molecule has 0 aliphatic heterocycles. The monoisotopic (exact) mass is 451 g/mol. The first-order valence-electron chi connectivity index (χ1n) is 7.56. The second-order valence-electron chi connectivity index (χ2n) is 7.04. The fraction of sp³-hybridized carbons (Fsp3) is 0.733.